The van der Waals surface area contributed by atoms with Gasteiger partial charge in [0.05, 0.1) is 6.42 Å². The Hall–Kier alpha value is -0.870. The van der Waals surface area contributed by atoms with Crippen LogP contribution in [0.2, 0.25) is 0 Å². The molecule has 0 amide bonds. The molecule has 92 valence electrons. The molecule has 0 radical (unpaired) electrons. The Labute approximate surface area is 110 Å². The highest BCUT2D eigenvalue weighted by molar-refractivity contribution is 9.10. The molecule has 0 aliphatic carbocycles. The van der Waals surface area contributed by atoms with Crippen LogP contribution in [0, 0.1) is 0 Å². The average Bonchev–Trinajstić information content (AvgIpc) is 2.75. The van der Waals surface area contributed by atoms with Crippen molar-refractivity contribution in [3.63, 3.8) is 0 Å². The van der Waals surface area contributed by atoms with Crippen LogP contribution in [0.3, 0.4) is 0 Å². The summed E-state index contributed by atoms with van der Waals surface area (Å²) >= 11 is 3.57. The molecule has 2 rings (SSSR count). The van der Waals surface area contributed by atoms with Crippen LogP contribution < -0.4 is 0 Å². The quantitative estimate of drug-likeness (QED) is 0.928. The van der Waals surface area contributed by atoms with Crippen LogP contribution in [0.5, 0.6) is 0 Å². The van der Waals surface area contributed by atoms with E-state index in [-0.39, 0.29) is 6.42 Å². The molecule has 1 aliphatic heterocycles. The lowest BCUT2D eigenvalue weighted by Crippen LogP contribution is -2.26. The molecular formula is C13H16BrNO2. The number of nitrogens with zero attached hydrogens (tertiary/aromatic N) is 1. The zero-order valence-corrected chi connectivity index (χ0v) is 11.2. The minimum atomic E-state index is -0.720. The minimum Gasteiger partial charge on any atom is -0.481 e. The number of halogens is 1. The van der Waals surface area contributed by atoms with Crippen LogP contribution in [-0.4, -0.2) is 29.1 Å². The Morgan fingerprint density at radius 2 is 2.24 bits per heavy atom. The van der Waals surface area contributed by atoms with Gasteiger partial charge in [0, 0.05) is 17.1 Å². The van der Waals surface area contributed by atoms with E-state index < -0.39 is 5.97 Å². The Bertz CT molecular complexity index is 408. The second kappa shape index (κ2) is 5.65. The first-order valence-corrected chi connectivity index (χ1v) is 6.68. The summed E-state index contributed by atoms with van der Waals surface area (Å²) in [6.45, 7) is 1.64. The van der Waals surface area contributed by atoms with Gasteiger partial charge in [-0.2, -0.15) is 0 Å². The van der Waals surface area contributed by atoms with E-state index >= 15 is 0 Å². The number of rotatable bonds is 4. The molecule has 0 bridgehead atoms. The van der Waals surface area contributed by atoms with Gasteiger partial charge in [0.25, 0.3) is 0 Å². The molecule has 1 N–H and O–H groups in total. The molecule has 1 saturated heterocycles. The first-order valence-electron chi connectivity index (χ1n) is 5.89. The third kappa shape index (κ3) is 3.07. The summed E-state index contributed by atoms with van der Waals surface area (Å²) in [6, 6.07) is 8.57. The fourth-order valence-corrected chi connectivity index (χ4v) is 2.98. The molecule has 0 aromatic heterocycles. The van der Waals surface area contributed by atoms with E-state index in [1.165, 1.54) is 5.56 Å². The van der Waals surface area contributed by atoms with E-state index in [1.807, 2.05) is 18.2 Å². The van der Waals surface area contributed by atoms with Gasteiger partial charge in [0.15, 0.2) is 0 Å². The van der Waals surface area contributed by atoms with Gasteiger partial charge in [-0.15, -0.1) is 0 Å². The van der Waals surface area contributed by atoms with Crippen molar-refractivity contribution in [2.24, 2.45) is 0 Å². The Morgan fingerprint density at radius 1 is 1.47 bits per heavy atom. The number of carboxylic acids is 1. The largest absolute Gasteiger partial charge is 0.481 e. The summed E-state index contributed by atoms with van der Waals surface area (Å²) in [5.41, 5.74) is 1.27. The van der Waals surface area contributed by atoms with Crippen molar-refractivity contribution in [3.8, 4) is 0 Å². The third-order valence-corrected chi connectivity index (χ3v) is 3.96. The van der Waals surface area contributed by atoms with Gasteiger partial charge >= 0.3 is 5.97 Å². The highest BCUT2D eigenvalue weighted by Gasteiger charge is 2.27. The molecule has 1 aromatic rings. The normalized spacial score (nSPS) is 20.6. The number of carbonyl (C=O) groups is 1. The predicted molar refractivity (Wildman–Crippen MR) is 69.9 cm³/mol. The highest BCUT2D eigenvalue weighted by Crippen LogP contribution is 2.35. The molecule has 1 atom stereocenters. The first kappa shape index (κ1) is 12.6. The second-order valence-corrected chi connectivity index (χ2v) is 5.21. The molecule has 1 fully saturated rings. The van der Waals surface area contributed by atoms with E-state index in [9.17, 15) is 4.79 Å². The summed E-state index contributed by atoms with van der Waals surface area (Å²) in [6.07, 6.45) is 2.48. The SMILES string of the molecule is O=C(O)CCN1CCC[C@@H]1c1ccccc1Br. The highest BCUT2D eigenvalue weighted by atomic mass is 79.9. The van der Waals surface area contributed by atoms with Crippen molar-refractivity contribution in [3.05, 3.63) is 34.3 Å². The Kier molecular flexibility index (Phi) is 4.18. The van der Waals surface area contributed by atoms with Crippen molar-refractivity contribution in [1.82, 2.24) is 4.90 Å². The van der Waals surface area contributed by atoms with Gasteiger partial charge in [-0.1, -0.05) is 34.1 Å². The lowest BCUT2D eigenvalue weighted by Gasteiger charge is -2.24. The number of benzene rings is 1. The fourth-order valence-electron chi connectivity index (χ4n) is 2.43. The molecular weight excluding hydrogens is 282 g/mol. The summed E-state index contributed by atoms with van der Waals surface area (Å²) < 4.78 is 1.12. The number of aliphatic carboxylic acids is 1. The molecule has 1 aromatic carbocycles. The molecule has 1 heterocycles. The number of likely N-dealkylation sites (tertiary alicyclic amines) is 1. The molecule has 0 saturated carbocycles. The van der Waals surface area contributed by atoms with Crippen LogP contribution in [-0.2, 0) is 4.79 Å². The van der Waals surface area contributed by atoms with Crippen molar-refractivity contribution in [1.29, 1.82) is 0 Å². The van der Waals surface area contributed by atoms with Crippen molar-refractivity contribution >= 4 is 21.9 Å². The van der Waals surface area contributed by atoms with Gasteiger partial charge in [-0.05, 0) is 31.0 Å². The van der Waals surface area contributed by atoms with Gasteiger partial charge in [-0.3, -0.25) is 9.69 Å². The van der Waals surface area contributed by atoms with E-state index in [1.54, 1.807) is 0 Å². The lowest BCUT2D eigenvalue weighted by molar-refractivity contribution is -0.137. The average molecular weight is 298 g/mol. The Balaban J connectivity index is 2.09. The Morgan fingerprint density at radius 3 is 2.94 bits per heavy atom. The maximum absolute atomic E-state index is 10.6. The zero-order valence-electron chi connectivity index (χ0n) is 9.60. The maximum atomic E-state index is 10.6. The molecule has 0 spiro atoms. The topological polar surface area (TPSA) is 40.5 Å². The molecule has 17 heavy (non-hydrogen) atoms. The van der Waals surface area contributed by atoms with Crippen LogP contribution in [0.15, 0.2) is 28.7 Å². The van der Waals surface area contributed by atoms with E-state index in [0.717, 1.165) is 23.9 Å². The van der Waals surface area contributed by atoms with E-state index in [2.05, 4.69) is 26.9 Å². The fraction of sp³-hybridized carbons (Fsp3) is 0.462. The van der Waals surface area contributed by atoms with Gasteiger partial charge < -0.3 is 5.11 Å². The van der Waals surface area contributed by atoms with Crippen molar-refractivity contribution < 1.29 is 9.90 Å². The number of hydrogen-bond acceptors (Lipinski definition) is 2. The van der Waals surface area contributed by atoms with Crippen molar-refractivity contribution in [2.45, 2.75) is 25.3 Å². The summed E-state index contributed by atoms with van der Waals surface area (Å²) in [5, 5.41) is 8.75. The van der Waals surface area contributed by atoms with E-state index in [0.29, 0.717) is 12.6 Å². The van der Waals surface area contributed by atoms with Gasteiger partial charge in [-0.25, -0.2) is 0 Å². The van der Waals surface area contributed by atoms with E-state index in [4.69, 9.17) is 5.11 Å². The van der Waals surface area contributed by atoms with Gasteiger partial charge in [0.2, 0.25) is 0 Å². The monoisotopic (exact) mass is 297 g/mol. The smallest absolute Gasteiger partial charge is 0.304 e. The predicted octanol–water partition coefficient (Wildman–Crippen LogP) is 3.06. The third-order valence-electron chi connectivity index (χ3n) is 3.24. The number of hydrogen-bond donors (Lipinski definition) is 1. The zero-order chi connectivity index (χ0) is 12.3. The maximum Gasteiger partial charge on any atom is 0.304 e. The number of carboxylic acid groups (broad SMARTS) is 1. The second-order valence-electron chi connectivity index (χ2n) is 4.36. The molecule has 0 unspecified atom stereocenters. The first-order chi connectivity index (χ1) is 8.18. The molecule has 1 aliphatic rings. The van der Waals surface area contributed by atoms with Crippen LogP contribution >= 0.6 is 15.9 Å². The van der Waals surface area contributed by atoms with Crippen molar-refractivity contribution in [2.75, 3.05) is 13.1 Å². The minimum absolute atomic E-state index is 0.223. The molecule has 3 nitrogen and oxygen atoms in total. The summed E-state index contributed by atoms with van der Waals surface area (Å²) in [5.74, 6) is -0.720. The van der Waals surface area contributed by atoms with Gasteiger partial charge in [0.1, 0.15) is 0 Å². The van der Waals surface area contributed by atoms with Crippen LogP contribution in [0.1, 0.15) is 30.9 Å². The summed E-state index contributed by atoms with van der Waals surface area (Å²) in [4.78, 5) is 12.9. The molecule has 4 heteroatoms. The van der Waals surface area contributed by atoms with Crippen LogP contribution in [0.25, 0.3) is 0 Å². The summed E-state index contributed by atoms with van der Waals surface area (Å²) in [7, 11) is 0. The van der Waals surface area contributed by atoms with Crippen LogP contribution in [0.4, 0.5) is 0 Å². The lowest BCUT2D eigenvalue weighted by atomic mass is 10.0. The standard InChI is InChI=1S/C13H16BrNO2/c14-11-5-2-1-4-10(11)12-6-3-8-15(12)9-7-13(16)17/h1-2,4-5,12H,3,6-9H2,(H,16,17)/t12-/m1/s1.